The summed E-state index contributed by atoms with van der Waals surface area (Å²) in [6.07, 6.45) is 1.46. The monoisotopic (exact) mass is 218 g/mol. The lowest BCUT2D eigenvalue weighted by atomic mass is 10.2. The fourth-order valence-corrected chi connectivity index (χ4v) is 1.01. The molecule has 0 radical (unpaired) electrons. The zero-order valence-electron chi connectivity index (χ0n) is 6.80. The largest absolute Gasteiger partial charge is 0.478 e. The van der Waals surface area contributed by atoms with E-state index in [1.807, 2.05) is 0 Å². The second-order valence-electron chi connectivity index (χ2n) is 2.43. The zero-order valence-corrected chi connectivity index (χ0v) is 7.55. The Labute approximate surface area is 83.4 Å². The van der Waals surface area contributed by atoms with Gasteiger partial charge in [-0.2, -0.15) is 0 Å². The van der Waals surface area contributed by atoms with Gasteiger partial charge in [-0.25, -0.2) is 13.6 Å². The highest BCUT2D eigenvalue weighted by molar-refractivity contribution is 6.30. The quantitative estimate of drug-likeness (QED) is 0.612. The molecule has 0 saturated heterocycles. The van der Waals surface area contributed by atoms with Crippen LogP contribution in [0.25, 0.3) is 6.08 Å². The van der Waals surface area contributed by atoms with Crippen LogP contribution < -0.4 is 0 Å². The van der Waals surface area contributed by atoms with Crippen molar-refractivity contribution in [3.63, 3.8) is 0 Å². The van der Waals surface area contributed by atoms with Gasteiger partial charge in [0.15, 0.2) is 5.82 Å². The van der Waals surface area contributed by atoms with Crippen molar-refractivity contribution in [2.24, 2.45) is 0 Å². The van der Waals surface area contributed by atoms with Crippen LogP contribution in [0.2, 0.25) is 5.02 Å². The van der Waals surface area contributed by atoms with E-state index in [0.29, 0.717) is 6.08 Å². The number of rotatable bonds is 2. The third-order valence-electron chi connectivity index (χ3n) is 1.47. The summed E-state index contributed by atoms with van der Waals surface area (Å²) in [5.41, 5.74) is -0.458. The summed E-state index contributed by atoms with van der Waals surface area (Å²) in [7, 11) is 0. The van der Waals surface area contributed by atoms with Crippen LogP contribution in [0.5, 0.6) is 0 Å². The molecule has 14 heavy (non-hydrogen) atoms. The lowest BCUT2D eigenvalue weighted by Crippen LogP contribution is -1.92. The summed E-state index contributed by atoms with van der Waals surface area (Å²) in [5, 5.41) is 8.01. The molecule has 0 saturated carbocycles. The summed E-state index contributed by atoms with van der Waals surface area (Å²) in [6, 6.07) is 2.03. The molecule has 0 unspecified atom stereocenters. The second-order valence-corrected chi connectivity index (χ2v) is 2.84. The highest BCUT2D eigenvalue weighted by atomic mass is 35.5. The van der Waals surface area contributed by atoms with E-state index in [2.05, 4.69) is 0 Å². The minimum Gasteiger partial charge on any atom is -0.478 e. The smallest absolute Gasteiger partial charge is 0.328 e. The molecule has 5 heteroatoms. The van der Waals surface area contributed by atoms with Crippen LogP contribution in [0.4, 0.5) is 8.78 Å². The molecule has 0 aromatic heterocycles. The van der Waals surface area contributed by atoms with Gasteiger partial charge in [0.1, 0.15) is 5.82 Å². The van der Waals surface area contributed by atoms with Crippen molar-refractivity contribution < 1.29 is 18.7 Å². The normalized spacial score (nSPS) is 10.8. The molecule has 1 rings (SSSR count). The first kappa shape index (κ1) is 10.7. The summed E-state index contributed by atoms with van der Waals surface area (Å²) < 4.78 is 26.0. The summed E-state index contributed by atoms with van der Waals surface area (Å²) in [6.45, 7) is 0. The molecular formula is C9H5ClF2O2. The van der Waals surface area contributed by atoms with Crippen LogP contribution in [0, 0.1) is 11.6 Å². The van der Waals surface area contributed by atoms with Crippen LogP contribution >= 0.6 is 11.6 Å². The number of aliphatic carboxylic acids is 1. The van der Waals surface area contributed by atoms with E-state index < -0.39 is 23.2 Å². The molecule has 0 fully saturated rings. The Kier molecular flexibility index (Phi) is 3.19. The Hall–Kier alpha value is -1.42. The number of carboxylic acid groups (broad SMARTS) is 1. The molecule has 0 aliphatic heterocycles. The van der Waals surface area contributed by atoms with Gasteiger partial charge in [0.25, 0.3) is 0 Å². The van der Waals surface area contributed by atoms with Gasteiger partial charge < -0.3 is 5.11 Å². The van der Waals surface area contributed by atoms with Gasteiger partial charge in [0.2, 0.25) is 0 Å². The number of carbonyl (C=O) groups is 1. The first-order chi connectivity index (χ1) is 6.52. The lowest BCUT2D eigenvalue weighted by Gasteiger charge is -2.00. The standard InChI is InChI=1S/C9H5ClF2O2/c10-6-2-3-7(11)5(9(6)12)1-4-8(13)14/h1-4H,(H,13,14)/b4-1-. The van der Waals surface area contributed by atoms with E-state index in [4.69, 9.17) is 16.7 Å². The van der Waals surface area contributed by atoms with Crippen molar-refractivity contribution >= 4 is 23.6 Å². The molecule has 0 aliphatic rings. The van der Waals surface area contributed by atoms with Gasteiger partial charge in [-0.1, -0.05) is 11.6 Å². The SMILES string of the molecule is O=C(O)/C=C\c1c(F)ccc(Cl)c1F. The van der Waals surface area contributed by atoms with Gasteiger partial charge in [-0.15, -0.1) is 0 Å². The van der Waals surface area contributed by atoms with E-state index >= 15 is 0 Å². The van der Waals surface area contributed by atoms with Gasteiger partial charge in [0.05, 0.1) is 5.02 Å². The number of hydrogen-bond donors (Lipinski definition) is 1. The van der Waals surface area contributed by atoms with Crippen molar-refractivity contribution in [3.8, 4) is 0 Å². The van der Waals surface area contributed by atoms with E-state index in [0.717, 1.165) is 18.2 Å². The fourth-order valence-electron chi connectivity index (χ4n) is 0.850. The highest BCUT2D eigenvalue weighted by Crippen LogP contribution is 2.21. The van der Waals surface area contributed by atoms with E-state index in [1.54, 1.807) is 0 Å². The average molecular weight is 219 g/mol. The third-order valence-corrected chi connectivity index (χ3v) is 1.76. The molecule has 0 amide bonds. The van der Waals surface area contributed by atoms with E-state index in [9.17, 15) is 13.6 Å². The number of benzene rings is 1. The number of hydrogen-bond acceptors (Lipinski definition) is 1. The summed E-state index contributed by atoms with van der Waals surface area (Å²) in [4.78, 5) is 10.1. The Morgan fingerprint density at radius 1 is 1.43 bits per heavy atom. The van der Waals surface area contributed by atoms with Crippen LogP contribution in [0.1, 0.15) is 5.56 Å². The molecule has 1 aromatic carbocycles. The topological polar surface area (TPSA) is 37.3 Å². The van der Waals surface area contributed by atoms with Crippen molar-refractivity contribution in [2.75, 3.05) is 0 Å². The third kappa shape index (κ3) is 2.29. The minimum atomic E-state index is -1.29. The Balaban J connectivity index is 3.19. The second kappa shape index (κ2) is 4.19. The first-order valence-corrected chi connectivity index (χ1v) is 3.94. The maximum absolute atomic E-state index is 13.1. The van der Waals surface area contributed by atoms with E-state index in [-0.39, 0.29) is 5.02 Å². The highest BCUT2D eigenvalue weighted by Gasteiger charge is 2.09. The first-order valence-electron chi connectivity index (χ1n) is 3.57. The van der Waals surface area contributed by atoms with Gasteiger partial charge in [-0.3, -0.25) is 0 Å². The number of carboxylic acids is 1. The molecule has 0 heterocycles. The maximum atomic E-state index is 13.1. The minimum absolute atomic E-state index is 0.253. The molecular weight excluding hydrogens is 214 g/mol. The molecule has 2 nitrogen and oxygen atoms in total. The van der Waals surface area contributed by atoms with Crippen LogP contribution in [-0.2, 0) is 4.79 Å². The summed E-state index contributed by atoms with van der Waals surface area (Å²) in [5.74, 6) is -3.11. The Morgan fingerprint density at radius 3 is 2.64 bits per heavy atom. The van der Waals surface area contributed by atoms with Crippen LogP contribution in [0.3, 0.4) is 0 Å². The van der Waals surface area contributed by atoms with Gasteiger partial charge in [0, 0.05) is 11.6 Å². The Morgan fingerprint density at radius 2 is 2.07 bits per heavy atom. The summed E-state index contributed by atoms with van der Waals surface area (Å²) >= 11 is 5.38. The molecule has 1 N–H and O–H groups in total. The average Bonchev–Trinajstić information content (AvgIpc) is 2.11. The Bertz CT molecular complexity index is 402. The maximum Gasteiger partial charge on any atom is 0.328 e. The molecule has 0 aliphatic carbocycles. The molecule has 74 valence electrons. The van der Waals surface area contributed by atoms with Crippen molar-refractivity contribution in [2.45, 2.75) is 0 Å². The predicted octanol–water partition coefficient (Wildman–Crippen LogP) is 2.72. The van der Waals surface area contributed by atoms with Crippen LogP contribution in [-0.4, -0.2) is 11.1 Å². The molecule has 0 bridgehead atoms. The van der Waals surface area contributed by atoms with Crippen LogP contribution in [0.15, 0.2) is 18.2 Å². The lowest BCUT2D eigenvalue weighted by molar-refractivity contribution is -0.131. The van der Waals surface area contributed by atoms with Crippen molar-refractivity contribution in [1.29, 1.82) is 0 Å². The molecule has 0 atom stereocenters. The predicted molar refractivity (Wildman–Crippen MR) is 48.0 cm³/mol. The molecule has 0 spiro atoms. The van der Waals surface area contributed by atoms with Gasteiger partial charge in [-0.05, 0) is 18.2 Å². The van der Waals surface area contributed by atoms with Gasteiger partial charge >= 0.3 is 5.97 Å². The van der Waals surface area contributed by atoms with Crippen molar-refractivity contribution in [3.05, 3.63) is 40.4 Å². The zero-order chi connectivity index (χ0) is 10.7. The fraction of sp³-hybridized carbons (Fsp3) is 0. The molecule has 1 aromatic rings. The van der Waals surface area contributed by atoms with Crippen molar-refractivity contribution in [1.82, 2.24) is 0 Å². The number of halogens is 3. The van der Waals surface area contributed by atoms with E-state index in [1.165, 1.54) is 0 Å².